The molecule has 0 aromatic carbocycles. The molecule has 1 saturated heterocycles. The van der Waals surface area contributed by atoms with Gasteiger partial charge in [0.2, 0.25) is 10.0 Å². The molecule has 1 heterocycles. The van der Waals surface area contributed by atoms with Crippen LogP contribution in [-0.2, 0) is 19.9 Å². The van der Waals surface area contributed by atoms with Crippen LogP contribution >= 0.6 is 0 Å². The van der Waals surface area contributed by atoms with E-state index in [1.807, 2.05) is 0 Å². The maximum atomic E-state index is 11.3. The Bertz CT molecular complexity index is 369. The van der Waals surface area contributed by atoms with Crippen molar-refractivity contribution in [3.05, 3.63) is 0 Å². The first-order valence-corrected chi connectivity index (χ1v) is 7.46. The van der Waals surface area contributed by atoms with Gasteiger partial charge in [0.15, 0.2) is 9.84 Å². The Morgan fingerprint density at radius 2 is 1.92 bits per heavy atom. The third-order valence-corrected chi connectivity index (χ3v) is 5.48. The van der Waals surface area contributed by atoms with Crippen molar-refractivity contribution in [1.29, 1.82) is 0 Å². The van der Waals surface area contributed by atoms with Crippen LogP contribution in [-0.4, -0.2) is 33.6 Å². The van der Waals surface area contributed by atoms with E-state index in [1.54, 1.807) is 0 Å². The van der Waals surface area contributed by atoms with Gasteiger partial charge in [-0.1, -0.05) is 6.42 Å². The molecule has 0 bridgehead atoms. The van der Waals surface area contributed by atoms with Crippen LogP contribution in [0.25, 0.3) is 0 Å². The lowest BCUT2D eigenvalue weighted by Crippen LogP contribution is -2.36. The molecule has 0 aliphatic carbocycles. The molecular weight excluding hydrogens is 214 g/mol. The lowest BCUT2D eigenvalue weighted by atomic mass is 10.2. The quantitative estimate of drug-likeness (QED) is 0.671. The molecule has 1 unspecified atom stereocenters. The minimum Gasteiger partial charge on any atom is -0.229 e. The monoisotopic (exact) mass is 227 g/mol. The summed E-state index contributed by atoms with van der Waals surface area (Å²) < 4.78 is 44.1. The Balaban J connectivity index is 2.79. The van der Waals surface area contributed by atoms with Crippen LogP contribution in [0.15, 0.2) is 0 Å². The molecule has 0 spiro atoms. The molecule has 0 aromatic rings. The van der Waals surface area contributed by atoms with Gasteiger partial charge in [-0.05, 0) is 12.8 Å². The zero-order chi connectivity index (χ0) is 10.1. The fourth-order valence-electron chi connectivity index (χ4n) is 1.47. The SMILES string of the molecule is NS(=O)(=O)CC1CCCCS1(=O)=O. The van der Waals surface area contributed by atoms with Crippen molar-refractivity contribution in [3.8, 4) is 0 Å². The van der Waals surface area contributed by atoms with Gasteiger partial charge in [0, 0.05) is 0 Å². The van der Waals surface area contributed by atoms with Crippen molar-refractivity contribution in [2.75, 3.05) is 11.5 Å². The third kappa shape index (κ3) is 3.24. The summed E-state index contributed by atoms with van der Waals surface area (Å²) in [4.78, 5) is 0. The van der Waals surface area contributed by atoms with Crippen molar-refractivity contribution in [2.24, 2.45) is 5.14 Å². The van der Waals surface area contributed by atoms with Crippen LogP contribution in [0.2, 0.25) is 0 Å². The number of hydrogen-bond donors (Lipinski definition) is 1. The number of sulfonamides is 1. The summed E-state index contributed by atoms with van der Waals surface area (Å²) >= 11 is 0. The maximum absolute atomic E-state index is 11.3. The normalized spacial score (nSPS) is 28.5. The lowest BCUT2D eigenvalue weighted by Gasteiger charge is -2.20. The molecule has 7 heteroatoms. The second-order valence-electron chi connectivity index (χ2n) is 3.31. The van der Waals surface area contributed by atoms with Gasteiger partial charge in [-0.2, -0.15) is 0 Å². The highest BCUT2D eigenvalue weighted by molar-refractivity contribution is 7.94. The van der Waals surface area contributed by atoms with Gasteiger partial charge in [-0.3, -0.25) is 0 Å². The second kappa shape index (κ2) is 3.55. The molecule has 0 aromatic heterocycles. The van der Waals surface area contributed by atoms with E-state index in [2.05, 4.69) is 0 Å². The molecule has 78 valence electrons. The van der Waals surface area contributed by atoms with E-state index in [4.69, 9.17) is 5.14 Å². The van der Waals surface area contributed by atoms with Crippen LogP contribution in [0.4, 0.5) is 0 Å². The summed E-state index contributed by atoms with van der Waals surface area (Å²) in [5.41, 5.74) is 0. The van der Waals surface area contributed by atoms with Gasteiger partial charge < -0.3 is 0 Å². The zero-order valence-electron chi connectivity index (χ0n) is 7.14. The van der Waals surface area contributed by atoms with Crippen molar-refractivity contribution in [2.45, 2.75) is 24.5 Å². The molecule has 1 aliphatic heterocycles. The molecule has 0 saturated carbocycles. The Morgan fingerprint density at radius 1 is 1.31 bits per heavy atom. The first-order chi connectivity index (χ1) is 5.81. The van der Waals surface area contributed by atoms with Crippen molar-refractivity contribution in [1.82, 2.24) is 0 Å². The average molecular weight is 227 g/mol. The van der Waals surface area contributed by atoms with Crippen molar-refractivity contribution < 1.29 is 16.8 Å². The number of primary sulfonamides is 1. The van der Waals surface area contributed by atoms with E-state index >= 15 is 0 Å². The Labute approximate surface area is 78.3 Å². The number of rotatable bonds is 2. The van der Waals surface area contributed by atoms with Crippen LogP contribution in [0, 0.1) is 0 Å². The van der Waals surface area contributed by atoms with Crippen molar-refractivity contribution in [3.63, 3.8) is 0 Å². The van der Waals surface area contributed by atoms with Gasteiger partial charge in [0.05, 0.1) is 16.8 Å². The van der Waals surface area contributed by atoms with E-state index < -0.39 is 30.9 Å². The first kappa shape index (κ1) is 10.9. The highest BCUT2D eigenvalue weighted by Crippen LogP contribution is 2.20. The molecule has 1 aliphatic rings. The molecule has 1 atom stereocenters. The molecule has 0 radical (unpaired) electrons. The number of nitrogens with two attached hydrogens (primary N) is 1. The van der Waals surface area contributed by atoms with E-state index in [0.717, 1.165) is 6.42 Å². The fraction of sp³-hybridized carbons (Fsp3) is 1.00. The molecular formula is C6H13NO4S2. The van der Waals surface area contributed by atoms with Crippen molar-refractivity contribution >= 4 is 19.9 Å². The van der Waals surface area contributed by atoms with Gasteiger partial charge >= 0.3 is 0 Å². The molecule has 2 N–H and O–H groups in total. The van der Waals surface area contributed by atoms with Crippen LogP contribution in [0.1, 0.15) is 19.3 Å². The fourth-order valence-corrected chi connectivity index (χ4v) is 5.02. The second-order valence-corrected chi connectivity index (χ2v) is 7.37. The summed E-state index contributed by atoms with van der Waals surface area (Å²) in [6.45, 7) is 0. The number of sulfone groups is 1. The minimum atomic E-state index is -3.67. The number of hydrogen-bond acceptors (Lipinski definition) is 4. The summed E-state index contributed by atoms with van der Waals surface area (Å²) in [7, 11) is -6.89. The topological polar surface area (TPSA) is 94.3 Å². The van der Waals surface area contributed by atoms with E-state index in [1.165, 1.54) is 0 Å². The summed E-state index contributed by atoms with van der Waals surface area (Å²) in [6.07, 6.45) is 1.81. The average Bonchev–Trinajstić information content (AvgIpc) is 1.91. The predicted octanol–water partition coefficient (Wildman–Crippen LogP) is -0.758. The molecule has 1 fully saturated rings. The van der Waals surface area contributed by atoms with Gasteiger partial charge in [-0.25, -0.2) is 22.0 Å². The summed E-state index contributed by atoms with van der Waals surface area (Å²) in [5, 5.41) is 4.01. The Kier molecular flexibility index (Phi) is 2.98. The van der Waals surface area contributed by atoms with Gasteiger partial charge in [0.1, 0.15) is 0 Å². The largest absolute Gasteiger partial charge is 0.229 e. The lowest BCUT2D eigenvalue weighted by molar-refractivity contribution is 0.543. The first-order valence-electron chi connectivity index (χ1n) is 4.03. The maximum Gasteiger partial charge on any atom is 0.210 e. The van der Waals surface area contributed by atoms with Crippen LogP contribution in [0.3, 0.4) is 0 Å². The molecule has 1 rings (SSSR count). The van der Waals surface area contributed by atoms with Gasteiger partial charge in [0.25, 0.3) is 0 Å². The smallest absolute Gasteiger partial charge is 0.210 e. The highest BCUT2D eigenvalue weighted by atomic mass is 32.2. The van der Waals surface area contributed by atoms with Gasteiger partial charge in [-0.15, -0.1) is 0 Å². The Hall–Kier alpha value is -0.140. The van der Waals surface area contributed by atoms with E-state index in [-0.39, 0.29) is 5.75 Å². The summed E-state index contributed by atoms with van der Waals surface area (Å²) in [5.74, 6) is -0.345. The molecule has 5 nitrogen and oxygen atoms in total. The zero-order valence-corrected chi connectivity index (χ0v) is 8.77. The predicted molar refractivity (Wildman–Crippen MR) is 49.4 cm³/mol. The van der Waals surface area contributed by atoms with E-state index in [0.29, 0.717) is 12.8 Å². The summed E-state index contributed by atoms with van der Waals surface area (Å²) in [6, 6.07) is 0. The molecule has 13 heavy (non-hydrogen) atoms. The van der Waals surface area contributed by atoms with Crippen LogP contribution < -0.4 is 5.14 Å². The minimum absolute atomic E-state index is 0.0905. The van der Waals surface area contributed by atoms with E-state index in [9.17, 15) is 16.8 Å². The molecule has 0 amide bonds. The third-order valence-electron chi connectivity index (χ3n) is 2.13. The highest BCUT2D eigenvalue weighted by Gasteiger charge is 2.31. The van der Waals surface area contributed by atoms with Crippen LogP contribution in [0.5, 0.6) is 0 Å². The standard InChI is InChI=1S/C6H13NO4S2/c7-13(10,11)5-6-3-1-2-4-12(6,8)9/h6H,1-5H2,(H2,7,10,11). The Morgan fingerprint density at radius 3 is 2.38 bits per heavy atom.